The second kappa shape index (κ2) is 5.49. The van der Waals surface area contributed by atoms with E-state index in [0.29, 0.717) is 5.82 Å². The summed E-state index contributed by atoms with van der Waals surface area (Å²) >= 11 is 0. The number of amides is 1. The van der Waals surface area contributed by atoms with E-state index in [9.17, 15) is 4.79 Å². The maximum Gasteiger partial charge on any atom is 0.274 e. The maximum atomic E-state index is 12.1. The van der Waals surface area contributed by atoms with Gasteiger partial charge >= 0.3 is 0 Å². The fraction of sp³-hybridized carbons (Fsp3) is 0.167. The second-order valence-electron chi connectivity index (χ2n) is 4.32. The summed E-state index contributed by atoms with van der Waals surface area (Å²) in [5, 5.41) is 24.3. The molecule has 0 fully saturated rings. The van der Waals surface area contributed by atoms with E-state index in [1.165, 1.54) is 11.0 Å². The summed E-state index contributed by atoms with van der Waals surface area (Å²) in [6.45, 7) is 1.75. The summed E-state index contributed by atoms with van der Waals surface area (Å²) in [5.41, 5.74) is 0.997. The van der Waals surface area contributed by atoms with Gasteiger partial charge in [0.1, 0.15) is 0 Å². The molecule has 1 unspecified atom stereocenters. The summed E-state index contributed by atoms with van der Waals surface area (Å²) in [7, 11) is 0. The van der Waals surface area contributed by atoms with E-state index >= 15 is 0 Å². The number of hydrogen-bond donors (Lipinski definition) is 2. The molecule has 2 heterocycles. The molecule has 0 aliphatic heterocycles. The fourth-order valence-electron chi connectivity index (χ4n) is 1.74. The van der Waals surface area contributed by atoms with E-state index in [2.05, 4.69) is 36.1 Å². The number of aromatic amines is 1. The molecular weight excluding hydrogens is 272 g/mol. The summed E-state index contributed by atoms with van der Waals surface area (Å²) in [6, 6.07) is 8.96. The first-order chi connectivity index (χ1) is 10.2. The van der Waals surface area contributed by atoms with Crippen LogP contribution in [0.15, 0.2) is 36.5 Å². The summed E-state index contributed by atoms with van der Waals surface area (Å²) in [5.74, 6) is 0.0493. The van der Waals surface area contributed by atoms with Gasteiger partial charge in [0, 0.05) is 0 Å². The molecule has 106 valence electrons. The van der Waals surface area contributed by atoms with Crippen LogP contribution in [0.1, 0.15) is 29.3 Å². The third-order valence-corrected chi connectivity index (χ3v) is 2.81. The van der Waals surface area contributed by atoms with Gasteiger partial charge in [-0.3, -0.25) is 4.79 Å². The molecule has 0 aliphatic rings. The van der Waals surface area contributed by atoms with Gasteiger partial charge in [-0.25, -0.2) is 0 Å². The number of carbonyl (C=O) groups excluding carboxylic acids is 1. The molecule has 3 aromatic rings. The SMILES string of the molecule is CC(NC(=O)c1cnn(-c2ccccc2)n1)c1nn[nH]n1. The molecule has 2 N–H and O–H groups in total. The monoisotopic (exact) mass is 284 g/mol. The highest BCUT2D eigenvalue weighted by molar-refractivity contribution is 5.92. The molecule has 0 spiro atoms. The Hall–Kier alpha value is -3.10. The van der Waals surface area contributed by atoms with Crippen molar-refractivity contribution in [2.75, 3.05) is 0 Å². The Morgan fingerprint density at radius 2 is 2.14 bits per heavy atom. The third kappa shape index (κ3) is 2.76. The Labute approximate surface area is 119 Å². The minimum Gasteiger partial charge on any atom is -0.341 e. The summed E-state index contributed by atoms with van der Waals surface area (Å²) in [6.07, 6.45) is 1.41. The summed E-state index contributed by atoms with van der Waals surface area (Å²) in [4.78, 5) is 13.5. The number of aromatic nitrogens is 7. The van der Waals surface area contributed by atoms with Gasteiger partial charge in [-0.15, -0.1) is 15.3 Å². The topological polar surface area (TPSA) is 114 Å². The van der Waals surface area contributed by atoms with Crippen molar-refractivity contribution in [3.8, 4) is 5.69 Å². The number of benzene rings is 1. The Morgan fingerprint density at radius 3 is 2.86 bits per heavy atom. The van der Waals surface area contributed by atoms with Crippen LogP contribution in [0.2, 0.25) is 0 Å². The van der Waals surface area contributed by atoms with Crippen LogP contribution in [-0.4, -0.2) is 41.5 Å². The Kier molecular flexibility index (Phi) is 3.37. The second-order valence-corrected chi connectivity index (χ2v) is 4.32. The highest BCUT2D eigenvalue weighted by Gasteiger charge is 2.17. The smallest absolute Gasteiger partial charge is 0.274 e. The zero-order valence-corrected chi connectivity index (χ0v) is 11.1. The lowest BCUT2D eigenvalue weighted by atomic mass is 10.3. The molecule has 3 rings (SSSR count). The van der Waals surface area contributed by atoms with E-state index in [1.54, 1.807) is 6.92 Å². The highest BCUT2D eigenvalue weighted by Crippen LogP contribution is 2.07. The number of hydrogen-bond acceptors (Lipinski definition) is 6. The zero-order chi connectivity index (χ0) is 14.7. The molecule has 0 saturated heterocycles. The first-order valence-corrected chi connectivity index (χ1v) is 6.26. The highest BCUT2D eigenvalue weighted by atomic mass is 16.2. The van der Waals surface area contributed by atoms with Crippen molar-refractivity contribution in [2.45, 2.75) is 13.0 Å². The normalized spacial score (nSPS) is 12.0. The van der Waals surface area contributed by atoms with E-state index in [0.717, 1.165) is 5.69 Å². The van der Waals surface area contributed by atoms with Crippen molar-refractivity contribution < 1.29 is 4.79 Å². The molecule has 9 nitrogen and oxygen atoms in total. The zero-order valence-electron chi connectivity index (χ0n) is 11.1. The lowest BCUT2D eigenvalue weighted by Gasteiger charge is -2.07. The molecule has 1 aromatic carbocycles. The lowest BCUT2D eigenvalue weighted by Crippen LogP contribution is -2.27. The van der Waals surface area contributed by atoms with Crippen LogP contribution in [-0.2, 0) is 0 Å². The van der Waals surface area contributed by atoms with Gasteiger partial charge < -0.3 is 5.32 Å². The fourth-order valence-corrected chi connectivity index (χ4v) is 1.74. The van der Waals surface area contributed by atoms with E-state index < -0.39 is 0 Å². The first-order valence-electron chi connectivity index (χ1n) is 6.26. The van der Waals surface area contributed by atoms with Crippen LogP contribution in [0.3, 0.4) is 0 Å². The van der Waals surface area contributed by atoms with Crippen molar-refractivity contribution in [3.05, 3.63) is 48.0 Å². The maximum absolute atomic E-state index is 12.1. The predicted molar refractivity (Wildman–Crippen MR) is 71.4 cm³/mol. The van der Waals surface area contributed by atoms with Crippen molar-refractivity contribution in [1.82, 2.24) is 40.9 Å². The number of rotatable bonds is 4. The summed E-state index contributed by atoms with van der Waals surface area (Å²) < 4.78 is 0. The molecule has 1 amide bonds. The standard InChI is InChI=1S/C12H12N8O/c1-8(11-15-18-19-16-11)14-12(21)10-7-13-20(17-10)9-5-3-2-4-6-9/h2-8H,1H3,(H,14,21)(H,15,16,18,19). The predicted octanol–water partition coefficient (Wildman–Crippen LogP) is 0.271. The van der Waals surface area contributed by atoms with Crippen LogP contribution in [0.25, 0.3) is 5.69 Å². The van der Waals surface area contributed by atoms with Crippen LogP contribution < -0.4 is 5.32 Å². The van der Waals surface area contributed by atoms with Gasteiger partial charge in [0.15, 0.2) is 11.5 Å². The minimum atomic E-state index is -0.377. The van der Waals surface area contributed by atoms with Gasteiger partial charge in [-0.2, -0.15) is 15.1 Å². The van der Waals surface area contributed by atoms with Gasteiger partial charge in [0.05, 0.1) is 17.9 Å². The van der Waals surface area contributed by atoms with Crippen molar-refractivity contribution >= 4 is 5.91 Å². The van der Waals surface area contributed by atoms with Gasteiger partial charge in [0.25, 0.3) is 5.91 Å². The number of nitrogens with one attached hydrogen (secondary N) is 2. The Balaban J connectivity index is 1.73. The number of H-pyrrole nitrogens is 1. The van der Waals surface area contributed by atoms with Crippen molar-refractivity contribution in [1.29, 1.82) is 0 Å². The lowest BCUT2D eigenvalue weighted by molar-refractivity contribution is 0.0933. The number of nitrogens with zero attached hydrogens (tertiary/aromatic N) is 6. The molecule has 2 aromatic heterocycles. The van der Waals surface area contributed by atoms with E-state index in [-0.39, 0.29) is 17.6 Å². The minimum absolute atomic E-state index is 0.217. The number of para-hydroxylation sites is 1. The average molecular weight is 284 g/mol. The van der Waals surface area contributed by atoms with Crippen molar-refractivity contribution in [2.24, 2.45) is 0 Å². The molecule has 0 aliphatic carbocycles. The molecule has 0 bridgehead atoms. The molecule has 9 heteroatoms. The Bertz CT molecular complexity index is 721. The van der Waals surface area contributed by atoms with E-state index in [1.807, 2.05) is 30.3 Å². The Morgan fingerprint density at radius 1 is 1.33 bits per heavy atom. The average Bonchev–Trinajstić information content (AvgIpc) is 3.20. The van der Waals surface area contributed by atoms with Gasteiger partial charge in [-0.05, 0) is 19.1 Å². The third-order valence-electron chi connectivity index (χ3n) is 2.81. The van der Waals surface area contributed by atoms with E-state index in [4.69, 9.17) is 0 Å². The van der Waals surface area contributed by atoms with Crippen LogP contribution in [0.5, 0.6) is 0 Å². The van der Waals surface area contributed by atoms with Gasteiger partial charge in [-0.1, -0.05) is 23.4 Å². The molecule has 0 saturated carbocycles. The van der Waals surface area contributed by atoms with Gasteiger partial charge in [0.2, 0.25) is 0 Å². The quantitative estimate of drug-likeness (QED) is 0.710. The molecule has 0 radical (unpaired) electrons. The molecule has 21 heavy (non-hydrogen) atoms. The van der Waals surface area contributed by atoms with Crippen LogP contribution in [0.4, 0.5) is 0 Å². The van der Waals surface area contributed by atoms with Crippen LogP contribution in [0, 0.1) is 0 Å². The molecule has 1 atom stereocenters. The van der Waals surface area contributed by atoms with Crippen molar-refractivity contribution in [3.63, 3.8) is 0 Å². The van der Waals surface area contributed by atoms with Crippen LogP contribution >= 0.6 is 0 Å². The largest absolute Gasteiger partial charge is 0.341 e. The number of carbonyl (C=O) groups is 1. The number of tetrazole rings is 1. The molecular formula is C12H12N8O. The first kappa shape index (κ1) is 12.9.